The standard InChI is InChI=1S/C65H99N11O14/c1-38-15-11-10-12-16-39(2)52(86-8)31-47-20-18-44(7)65(85,90-47)59(82)61(83)76-22-14-13-17-49(76)62(84)89-53(48(66)29-45-19-21-50(77)54(30-45)87-9)32-51(78)40(3)28-42(5)57(80)58(81)56(41(4)27-38)73-88-37-55(79)68-34-46-35-70-63(71-36-46)74-23-25-75(26-24-74)64-69-33-43(6)60(67)72-64/h10-12,15-16,28,33,35-36,38,40-41,44-45,47-54,57-58,77-78,80-81,85H,13-14,17-27,29-32,34,37,66H2,1-9H3,(H,68,79)(H2,67,69,72)/b12-10+,15-11+,39-16+,42-28+,73-56+/t38-,40-,41-,44-,45+,47+,48-,49+,50-,51-,52+,53+,54-,57-,58+,65-/m1/s1. The lowest BCUT2D eigenvalue weighted by molar-refractivity contribution is -0.265. The second-order valence-corrected chi connectivity index (χ2v) is 25.5. The summed E-state index contributed by atoms with van der Waals surface area (Å²) in [7, 11) is 3.09. The summed E-state index contributed by atoms with van der Waals surface area (Å²) in [5, 5.41) is 65.7. The molecule has 498 valence electrons. The third-order valence-corrected chi connectivity index (χ3v) is 18.6. The highest BCUT2D eigenvalue weighted by atomic mass is 16.6. The number of nitrogens with two attached hydrogens (primary N) is 2. The van der Waals surface area contributed by atoms with Gasteiger partial charge in [-0.15, -0.1) is 0 Å². The largest absolute Gasteiger partial charge is 0.459 e. The molecule has 3 saturated heterocycles. The molecule has 1 saturated carbocycles. The normalized spacial score (nSPS) is 34.6. The fourth-order valence-corrected chi connectivity index (χ4v) is 12.7. The number of fused-ring (bicyclic) bond motifs is 3. The van der Waals surface area contributed by atoms with Crippen LogP contribution in [0.1, 0.15) is 130 Å². The SMILES string of the molecule is CO[C@H]1C[C@@H]2CC[C@@H](C)[C@@](O)(O2)C(=O)C(=O)N2CCCC[C@H]2C(=O)O[C@H]([C@H](N)C[C@@H]2CC[C@@H](O)[C@H](OC)C2)C[C@@H](O)[C@H](C)/C=C(\C)[C@@H](O)[C@@H](O)/C(=N/OCC(=O)NCc2cnc(N3CCN(c4ncc(C)c(N)n4)CC3)nc2)[C@H](C)C[C@H](C)/C=C/C=C/C=C/1C. The van der Waals surface area contributed by atoms with E-state index in [9.17, 15) is 44.7 Å². The first kappa shape index (κ1) is 71.2. The number of allylic oxidation sites excluding steroid dienone is 5. The molecule has 5 aliphatic rings. The van der Waals surface area contributed by atoms with Crippen molar-refractivity contribution in [1.82, 2.24) is 30.2 Å². The molecule has 7 rings (SSSR count). The third-order valence-electron chi connectivity index (χ3n) is 18.6. The number of aliphatic hydroxyl groups excluding tert-OH is 4. The molecule has 6 heterocycles. The number of aryl methyl sites for hydroxylation is 1. The number of ketones is 1. The minimum atomic E-state index is -2.48. The molecule has 1 aliphatic carbocycles. The number of Topliss-reactive ketones (excluding diaryl/α,β-unsaturated/α-hetero) is 1. The zero-order chi connectivity index (χ0) is 65.4. The molecule has 90 heavy (non-hydrogen) atoms. The number of aromatic nitrogens is 4. The molecule has 2 amide bonds. The van der Waals surface area contributed by atoms with Crippen LogP contribution in [0.15, 0.2) is 71.3 Å². The number of piperidine rings is 1. The van der Waals surface area contributed by atoms with Crippen LogP contribution in [0.4, 0.5) is 17.7 Å². The van der Waals surface area contributed by atoms with Gasteiger partial charge in [0.25, 0.3) is 17.6 Å². The summed E-state index contributed by atoms with van der Waals surface area (Å²) < 4.78 is 23.9. The van der Waals surface area contributed by atoms with Crippen LogP contribution in [0, 0.1) is 36.5 Å². The summed E-state index contributed by atoms with van der Waals surface area (Å²) in [6.07, 6.45) is 12.8. The fraction of sp³-hybridized carbons (Fsp3) is 0.677. The van der Waals surface area contributed by atoms with Gasteiger partial charge in [0, 0.05) is 120 Å². The second kappa shape index (κ2) is 33.3. The van der Waals surface area contributed by atoms with Gasteiger partial charge in [0.15, 0.2) is 6.61 Å². The van der Waals surface area contributed by atoms with Crippen LogP contribution in [0.3, 0.4) is 0 Å². The van der Waals surface area contributed by atoms with Crippen LogP contribution in [0.2, 0.25) is 0 Å². The number of carbonyl (C=O) groups excluding carboxylic acids is 4. The first-order valence-corrected chi connectivity index (χ1v) is 32.0. The van der Waals surface area contributed by atoms with E-state index in [4.69, 9.17) is 35.3 Å². The summed E-state index contributed by atoms with van der Waals surface area (Å²) in [4.78, 5) is 85.4. The van der Waals surface area contributed by atoms with Gasteiger partial charge in [0.2, 0.25) is 17.7 Å². The number of methoxy groups -OCH3 is 2. The number of hydrogen-bond acceptors (Lipinski definition) is 23. The Hall–Kier alpha value is -6.29. The molecular weight excluding hydrogens is 1160 g/mol. The van der Waals surface area contributed by atoms with E-state index >= 15 is 0 Å². The van der Waals surface area contributed by atoms with Crippen molar-refractivity contribution in [1.29, 1.82) is 0 Å². The molecule has 2 aromatic heterocycles. The van der Waals surface area contributed by atoms with Gasteiger partial charge < -0.3 is 80.8 Å². The maximum Gasteiger partial charge on any atom is 0.329 e. The van der Waals surface area contributed by atoms with E-state index in [0.717, 1.165) is 16.0 Å². The summed E-state index contributed by atoms with van der Waals surface area (Å²) in [5.74, 6) is -6.58. The van der Waals surface area contributed by atoms with Crippen molar-refractivity contribution >= 4 is 47.0 Å². The molecule has 0 unspecified atom stereocenters. The van der Waals surface area contributed by atoms with E-state index in [2.05, 4.69) is 40.2 Å². The van der Waals surface area contributed by atoms with Crippen LogP contribution < -0.4 is 26.6 Å². The summed E-state index contributed by atoms with van der Waals surface area (Å²) in [5.41, 5.74) is 15.7. The average molecular weight is 1260 g/mol. The lowest BCUT2D eigenvalue weighted by Crippen LogP contribution is -2.61. The summed E-state index contributed by atoms with van der Waals surface area (Å²) in [6.45, 7) is 14.8. The van der Waals surface area contributed by atoms with Gasteiger partial charge >= 0.3 is 5.97 Å². The number of piperazine rings is 1. The number of ether oxygens (including phenoxy) is 4. The highest BCUT2D eigenvalue weighted by Gasteiger charge is 2.53. The Labute approximate surface area is 529 Å². The molecule has 0 radical (unpaired) electrons. The van der Waals surface area contributed by atoms with E-state index in [-0.39, 0.29) is 55.5 Å². The van der Waals surface area contributed by atoms with Crippen molar-refractivity contribution in [2.24, 2.45) is 40.5 Å². The predicted octanol–water partition coefficient (Wildman–Crippen LogP) is 3.93. The minimum absolute atomic E-state index is 0.0326. The molecule has 0 spiro atoms. The number of aliphatic hydroxyl groups is 5. The molecule has 4 aliphatic heterocycles. The molecule has 4 fully saturated rings. The number of esters is 1. The maximum atomic E-state index is 14.6. The number of hydrogen-bond donors (Lipinski definition) is 8. The summed E-state index contributed by atoms with van der Waals surface area (Å²) in [6, 6.07) is -2.06. The topological polar surface area (TPSA) is 353 Å². The van der Waals surface area contributed by atoms with Gasteiger partial charge in [0.1, 0.15) is 30.2 Å². The fourth-order valence-electron chi connectivity index (χ4n) is 12.7. The Bertz CT molecular complexity index is 2870. The Morgan fingerprint density at radius 2 is 1.51 bits per heavy atom. The monoisotopic (exact) mass is 1260 g/mol. The van der Waals surface area contributed by atoms with Crippen molar-refractivity contribution in [2.75, 3.05) is 69.1 Å². The quantitative estimate of drug-likeness (QED) is 0.0646. The van der Waals surface area contributed by atoms with Crippen LogP contribution in [-0.2, 0) is 49.5 Å². The first-order valence-electron chi connectivity index (χ1n) is 32.0. The third kappa shape index (κ3) is 18.9. The van der Waals surface area contributed by atoms with Gasteiger partial charge in [-0.1, -0.05) is 69.3 Å². The van der Waals surface area contributed by atoms with Gasteiger partial charge in [0.05, 0.1) is 36.2 Å². The molecule has 25 nitrogen and oxygen atoms in total. The highest BCUT2D eigenvalue weighted by Crippen LogP contribution is 2.38. The molecule has 2 aromatic rings. The molecule has 2 bridgehead atoms. The van der Waals surface area contributed by atoms with Gasteiger partial charge in [-0.2, -0.15) is 4.98 Å². The van der Waals surface area contributed by atoms with Crippen molar-refractivity contribution in [3.05, 3.63) is 77.3 Å². The van der Waals surface area contributed by atoms with Crippen LogP contribution in [-0.4, -0.2) is 200 Å². The Morgan fingerprint density at radius 1 is 0.811 bits per heavy atom. The number of cyclic esters (lactones) is 1. The number of nitrogens with one attached hydrogen (secondary N) is 1. The Kier molecular flexibility index (Phi) is 26.4. The van der Waals surface area contributed by atoms with Crippen LogP contribution in [0.25, 0.3) is 0 Å². The van der Waals surface area contributed by atoms with E-state index in [1.807, 2.05) is 58.1 Å². The van der Waals surface area contributed by atoms with E-state index in [1.165, 1.54) is 7.11 Å². The van der Waals surface area contributed by atoms with E-state index < -0.39 is 115 Å². The average Bonchev–Trinajstić information content (AvgIpc) is 0.896. The van der Waals surface area contributed by atoms with Crippen LogP contribution in [0.5, 0.6) is 0 Å². The number of anilines is 3. The number of nitrogen functional groups attached to an aromatic ring is 1. The molecule has 16 atom stereocenters. The summed E-state index contributed by atoms with van der Waals surface area (Å²) >= 11 is 0. The van der Waals surface area contributed by atoms with E-state index in [0.29, 0.717) is 107 Å². The second-order valence-electron chi connectivity index (χ2n) is 25.5. The first-order chi connectivity index (χ1) is 42.9. The molecule has 10 N–H and O–H groups in total. The lowest BCUT2D eigenvalue weighted by Gasteiger charge is -2.42. The molecular formula is C65H99N11O14. The van der Waals surface area contributed by atoms with Crippen molar-refractivity contribution < 1.29 is 68.5 Å². The van der Waals surface area contributed by atoms with Gasteiger partial charge in [-0.05, 0) is 108 Å². The zero-order valence-corrected chi connectivity index (χ0v) is 53.9. The maximum absolute atomic E-state index is 14.6. The van der Waals surface area contributed by atoms with Crippen molar-refractivity contribution in [2.45, 2.75) is 199 Å². The Morgan fingerprint density at radius 3 is 2.20 bits per heavy atom. The zero-order valence-electron chi connectivity index (χ0n) is 53.9. The minimum Gasteiger partial charge on any atom is -0.459 e. The lowest BCUT2D eigenvalue weighted by atomic mass is 9.80. The Balaban J connectivity index is 1.09. The van der Waals surface area contributed by atoms with Crippen molar-refractivity contribution in [3.63, 3.8) is 0 Å². The number of amides is 2. The van der Waals surface area contributed by atoms with Gasteiger partial charge in [-0.3, -0.25) is 14.4 Å². The van der Waals surface area contributed by atoms with Crippen molar-refractivity contribution in [3.8, 4) is 0 Å². The number of carbonyl (C=O) groups is 4. The molecule has 0 aromatic carbocycles. The number of oxime groups is 1. The predicted molar refractivity (Wildman–Crippen MR) is 338 cm³/mol. The van der Waals surface area contributed by atoms with Gasteiger partial charge in [-0.25, -0.2) is 19.7 Å². The number of rotatable bonds is 12. The molecule has 25 heteroatoms. The van der Waals surface area contributed by atoms with Crippen LogP contribution >= 0.6 is 0 Å². The smallest absolute Gasteiger partial charge is 0.329 e. The highest BCUT2D eigenvalue weighted by molar-refractivity contribution is 6.39. The van der Waals surface area contributed by atoms with E-state index in [1.54, 1.807) is 52.5 Å². The number of nitrogens with zero attached hydrogens (tertiary/aromatic N) is 8.